The van der Waals surface area contributed by atoms with E-state index >= 15 is 0 Å². The van der Waals surface area contributed by atoms with Crippen LogP contribution in [0, 0.1) is 0 Å². The summed E-state index contributed by atoms with van der Waals surface area (Å²) in [6.45, 7) is 0.258. The van der Waals surface area contributed by atoms with Crippen molar-refractivity contribution in [2.75, 3.05) is 7.05 Å². The number of benzene rings is 1. The zero-order chi connectivity index (χ0) is 15.6. The molecule has 0 radical (unpaired) electrons. The van der Waals surface area contributed by atoms with Gasteiger partial charge in [0.15, 0.2) is 0 Å². The normalized spacial score (nSPS) is 11.8. The van der Waals surface area contributed by atoms with Crippen LogP contribution in [0.1, 0.15) is 11.1 Å². The van der Waals surface area contributed by atoms with E-state index in [9.17, 15) is 8.42 Å². The summed E-state index contributed by atoms with van der Waals surface area (Å²) in [6.07, 6.45) is 0. The molecule has 2 aromatic rings. The smallest absolute Gasteiger partial charge is 0.252 e. The van der Waals surface area contributed by atoms with Gasteiger partial charge < -0.3 is 5.73 Å². The van der Waals surface area contributed by atoms with Gasteiger partial charge in [-0.1, -0.05) is 30.4 Å². The third-order valence-electron chi connectivity index (χ3n) is 2.83. The minimum Gasteiger partial charge on any atom is -0.389 e. The number of nitrogens with two attached hydrogens (primary N) is 1. The molecule has 0 atom stereocenters. The topological polar surface area (TPSA) is 63.4 Å². The third-order valence-corrected chi connectivity index (χ3v) is 6.96. The second-order valence-electron chi connectivity index (χ2n) is 4.38. The summed E-state index contributed by atoms with van der Waals surface area (Å²) in [7, 11) is -1.94. The van der Waals surface area contributed by atoms with Crippen LogP contribution in [0.4, 0.5) is 0 Å². The molecule has 0 bridgehead atoms. The second kappa shape index (κ2) is 6.53. The molecule has 0 aliphatic carbocycles. The molecule has 0 fully saturated rings. The van der Waals surface area contributed by atoms with Crippen molar-refractivity contribution in [3.05, 3.63) is 51.3 Å². The quantitative estimate of drug-likeness (QED) is 0.777. The number of nitrogens with zero attached hydrogens (tertiary/aromatic N) is 1. The number of hydrogen-bond acceptors (Lipinski definition) is 4. The van der Waals surface area contributed by atoms with Crippen LogP contribution in [0.5, 0.6) is 0 Å². The van der Waals surface area contributed by atoms with Crippen LogP contribution in [-0.4, -0.2) is 24.8 Å². The lowest BCUT2D eigenvalue weighted by Gasteiger charge is -2.16. The van der Waals surface area contributed by atoms with Crippen LogP contribution in [0.25, 0.3) is 0 Å². The molecule has 1 heterocycles. The van der Waals surface area contributed by atoms with Gasteiger partial charge in [-0.15, -0.1) is 11.3 Å². The first kappa shape index (κ1) is 16.6. The Morgan fingerprint density at radius 2 is 2.10 bits per heavy atom. The Hall–Kier alpha value is -0.800. The highest BCUT2D eigenvalue weighted by Crippen LogP contribution is 2.28. The van der Waals surface area contributed by atoms with Crippen LogP contribution in [0.3, 0.4) is 0 Å². The van der Waals surface area contributed by atoms with E-state index in [1.165, 1.54) is 15.6 Å². The van der Waals surface area contributed by atoms with Crippen molar-refractivity contribution in [3.8, 4) is 0 Å². The Labute approximate surface area is 141 Å². The van der Waals surface area contributed by atoms with Gasteiger partial charge in [0.2, 0.25) is 0 Å². The lowest BCUT2D eigenvalue weighted by molar-refractivity contribution is 0.468. The van der Waals surface area contributed by atoms with Crippen molar-refractivity contribution in [2.24, 2.45) is 5.73 Å². The maximum atomic E-state index is 12.4. The molecule has 8 heteroatoms. The lowest BCUT2D eigenvalue weighted by Crippen LogP contribution is -2.26. The van der Waals surface area contributed by atoms with E-state index in [1.807, 2.05) is 12.1 Å². The Morgan fingerprint density at radius 3 is 2.67 bits per heavy atom. The van der Waals surface area contributed by atoms with Gasteiger partial charge in [0.25, 0.3) is 10.0 Å². The summed E-state index contributed by atoms with van der Waals surface area (Å²) >= 11 is 9.39. The SMILES string of the molecule is CN(Cc1cccc(C(N)=S)c1)S(=O)(=O)c1ccc(Br)s1. The van der Waals surface area contributed by atoms with Crippen LogP contribution in [-0.2, 0) is 16.6 Å². The van der Waals surface area contributed by atoms with Crippen LogP contribution >= 0.6 is 39.5 Å². The number of thiocarbonyl (C=S) groups is 1. The predicted octanol–water partition coefficient (Wildman–Crippen LogP) is 2.97. The summed E-state index contributed by atoms with van der Waals surface area (Å²) in [4.78, 5) is 0.296. The molecule has 0 aliphatic rings. The van der Waals surface area contributed by atoms with Crippen LogP contribution in [0.15, 0.2) is 44.4 Å². The summed E-state index contributed by atoms with van der Waals surface area (Å²) in [6, 6.07) is 10.6. The molecule has 112 valence electrons. The zero-order valence-corrected chi connectivity index (χ0v) is 15.2. The maximum Gasteiger partial charge on any atom is 0.252 e. The number of thiophene rings is 1. The molecule has 0 aliphatic heterocycles. The standard InChI is InChI=1S/C13H13BrN2O2S3/c1-16(21(17,18)12-6-5-11(14)20-12)8-9-3-2-4-10(7-9)13(15)19/h2-7H,8H2,1H3,(H2,15,19). The fourth-order valence-corrected chi connectivity index (χ4v) is 5.26. The van der Waals surface area contributed by atoms with Crippen molar-refractivity contribution in [2.45, 2.75) is 10.8 Å². The largest absolute Gasteiger partial charge is 0.389 e. The van der Waals surface area contributed by atoms with E-state index < -0.39 is 10.0 Å². The molecular weight excluding hydrogens is 392 g/mol. The molecule has 0 saturated carbocycles. The van der Waals surface area contributed by atoms with E-state index in [0.29, 0.717) is 9.20 Å². The molecule has 2 rings (SSSR count). The first-order chi connectivity index (χ1) is 9.80. The molecule has 0 amide bonds. The van der Waals surface area contributed by atoms with Gasteiger partial charge in [-0.3, -0.25) is 0 Å². The molecule has 21 heavy (non-hydrogen) atoms. The molecule has 1 aromatic heterocycles. The van der Waals surface area contributed by atoms with Crippen molar-refractivity contribution >= 4 is 54.5 Å². The van der Waals surface area contributed by atoms with E-state index in [0.717, 1.165) is 14.9 Å². The first-order valence-electron chi connectivity index (χ1n) is 5.91. The van der Waals surface area contributed by atoms with E-state index in [-0.39, 0.29) is 6.54 Å². The fourth-order valence-electron chi connectivity index (χ4n) is 1.75. The fraction of sp³-hybridized carbons (Fsp3) is 0.154. The van der Waals surface area contributed by atoms with Crippen molar-refractivity contribution in [1.82, 2.24) is 4.31 Å². The lowest BCUT2D eigenvalue weighted by atomic mass is 10.1. The van der Waals surface area contributed by atoms with E-state index in [1.54, 1.807) is 31.3 Å². The molecule has 0 spiro atoms. The summed E-state index contributed by atoms with van der Waals surface area (Å²) in [5.74, 6) is 0. The van der Waals surface area contributed by atoms with Gasteiger partial charge in [0, 0.05) is 19.2 Å². The van der Waals surface area contributed by atoms with Gasteiger partial charge in [-0.05, 0) is 39.7 Å². The Kier molecular flexibility index (Phi) is 5.15. The number of hydrogen-bond donors (Lipinski definition) is 1. The zero-order valence-electron chi connectivity index (χ0n) is 11.1. The third kappa shape index (κ3) is 3.89. The highest BCUT2D eigenvalue weighted by Gasteiger charge is 2.22. The van der Waals surface area contributed by atoms with Crippen LogP contribution in [0.2, 0.25) is 0 Å². The predicted molar refractivity (Wildman–Crippen MR) is 93.0 cm³/mol. The van der Waals surface area contributed by atoms with E-state index in [4.69, 9.17) is 18.0 Å². The minimum atomic E-state index is -3.49. The van der Waals surface area contributed by atoms with Crippen molar-refractivity contribution in [1.29, 1.82) is 0 Å². The monoisotopic (exact) mass is 404 g/mol. The van der Waals surface area contributed by atoms with Gasteiger partial charge in [0.05, 0.1) is 3.79 Å². The highest BCUT2D eigenvalue weighted by atomic mass is 79.9. The molecular formula is C13H13BrN2O2S3. The highest BCUT2D eigenvalue weighted by molar-refractivity contribution is 9.11. The maximum absolute atomic E-state index is 12.4. The number of halogens is 1. The molecule has 0 unspecified atom stereocenters. The molecule has 4 nitrogen and oxygen atoms in total. The number of rotatable bonds is 5. The first-order valence-corrected chi connectivity index (χ1v) is 9.37. The van der Waals surface area contributed by atoms with Gasteiger partial charge in [-0.2, -0.15) is 4.31 Å². The summed E-state index contributed by atoms with van der Waals surface area (Å²) < 4.78 is 27.3. The average molecular weight is 405 g/mol. The molecule has 0 saturated heterocycles. The summed E-state index contributed by atoms with van der Waals surface area (Å²) in [5.41, 5.74) is 7.15. The average Bonchev–Trinajstić information content (AvgIpc) is 2.86. The molecule has 1 aromatic carbocycles. The Morgan fingerprint density at radius 1 is 1.38 bits per heavy atom. The minimum absolute atomic E-state index is 0.258. The second-order valence-corrected chi connectivity index (χ2v) is 9.56. The van der Waals surface area contributed by atoms with Gasteiger partial charge in [-0.25, -0.2) is 8.42 Å². The summed E-state index contributed by atoms with van der Waals surface area (Å²) in [5, 5.41) is 0. The van der Waals surface area contributed by atoms with Crippen molar-refractivity contribution < 1.29 is 8.42 Å². The van der Waals surface area contributed by atoms with Gasteiger partial charge in [0.1, 0.15) is 9.20 Å². The van der Waals surface area contributed by atoms with Gasteiger partial charge >= 0.3 is 0 Å². The molecule has 2 N–H and O–H groups in total. The Bertz CT molecular complexity index is 771. The number of sulfonamides is 1. The van der Waals surface area contributed by atoms with Crippen LogP contribution < -0.4 is 5.73 Å². The van der Waals surface area contributed by atoms with E-state index in [2.05, 4.69) is 15.9 Å². The Balaban J connectivity index is 2.23. The van der Waals surface area contributed by atoms with Crippen molar-refractivity contribution in [3.63, 3.8) is 0 Å².